The Morgan fingerprint density at radius 2 is 1.46 bits per heavy atom. The number of esters is 1. The lowest BCUT2D eigenvalue weighted by molar-refractivity contribution is 0.0526. The van der Waals surface area contributed by atoms with Gasteiger partial charge in [-0.25, -0.2) is 4.79 Å². The molecular weight excluding hydrogens is 348 g/mol. The second kappa shape index (κ2) is 13.6. The largest absolute Gasteiger partial charge is 0.494 e. The first kappa shape index (κ1) is 22.8. The van der Waals surface area contributed by atoms with Gasteiger partial charge in [0.25, 0.3) is 0 Å². The average Bonchev–Trinajstić information content (AvgIpc) is 2.73. The van der Waals surface area contributed by atoms with Gasteiger partial charge in [0, 0.05) is 0 Å². The summed E-state index contributed by atoms with van der Waals surface area (Å²) in [5.74, 6) is 2.45. The van der Waals surface area contributed by atoms with Gasteiger partial charge in [0.15, 0.2) is 0 Å². The highest BCUT2D eigenvalue weighted by Gasteiger charge is 2.20. The predicted molar refractivity (Wildman–Crippen MR) is 116 cm³/mol. The van der Waals surface area contributed by atoms with E-state index in [1.807, 2.05) is 19.1 Å². The lowest BCUT2D eigenvalue weighted by Crippen LogP contribution is -2.15. The predicted octanol–water partition coefficient (Wildman–Crippen LogP) is 7.19. The molecule has 28 heavy (non-hydrogen) atoms. The average molecular weight is 389 g/mol. The Hall–Kier alpha value is -1.51. The maximum absolute atomic E-state index is 11.7. The molecule has 0 radical (unpaired) electrons. The van der Waals surface area contributed by atoms with E-state index in [0.717, 1.165) is 30.6 Å². The van der Waals surface area contributed by atoms with Crippen LogP contribution in [0.25, 0.3) is 0 Å². The lowest BCUT2D eigenvalue weighted by atomic mass is 9.78. The normalized spacial score (nSPS) is 19.4. The monoisotopic (exact) mass is 388 g/mol. The fourth-order valence-electron chi connectivity index (χ4n) is 4.31. The van der Waals surface area contributed by atoms with E-state index in [1.54, 1.807) is 12.1 Å². The Balaban J connectivity index is 1.53. The summed E-state index contributed by atoms with van der Waals surface area (Å²) in [6.45, 7) is 5.26. The van der Waals surface area contributed by atoms with Crippen LogP contribution in [0.4, 0.5) is 0 Å². The van der Waals surface area contributed by atoms with Gasteiger partial charge in [0.2, 0.25) is 0 Å². The molecule has 1 aromatic carbocycles. The smallest absolute Gasteiger partial charge is 0.338 e. The Labute approximate surface area is 172 Å². The molecule has 1 aliphatic rings. The summed E-state index contributed by atoms with van der Waals surface area (Å²) in [6, 6.07) is 7.27. The minimum Gasteiger partial charge on any atom is -0.494 e. The van der Waals surface area contributed by atoms with E-state index in [4.69, 9.17) is 9.47 Å². The molecule has 3 heteroatoms. The van der Waals surface area contributed by atoms with Crippen molar-refractivity contribution in [2.24, 2.45) is 11.8 Å². The van der Waals surface area contributed by atoms with E-state index < -0.39 is 0 Å². The molecule has 1 fully saturated rings. The van der Waals surface area contributed by atoms with Gasteiger partial charge >= 0.3 is 5.97 Å². The van der Waals surface area contributed by atoms with Gasteiger partial charge in [-0.15, -0.1) is 0 Å². The van der Waals surface area contributed by atoms with E-state index in [0.29, 0.717) is 12.2 Å². The van der Waals surface area contributed by atoms with Crippen LogP contribution in [0.3, 0.4) is 0 Å². The third-order valence-corrected chi connectivity index (χ3v) is 6.07. The third kappa shape index (κ3) is 8.67. The first-order valence-corrected chi connectivity index (χ1v) is 11.6. The van der Waals surface area contributed by atoms with E-state index in [9.17, 15) is 4.79 Å². The molecule has 3 nitrogen and oxygen atoms in total. The minimum atomic E-state index is -0.273. The van der Waals surface area contributed by atoms with Crippen molar-refractivity contribution in [1.82, 2.24) is 0 Å². The van der Waals surface area contributed by atoms with Crippen LogP contribution in [0, 0.1) is 11.8 Å². The van der Waals surface area contributed by atoms with E-state index in [1.165, 1.54) is 70.6 Å². The first-order valence-electron chi connectivity index (χ1n) is 11.6. The first-order chi connectivity index (χ1) is 13.7. The Morgan fingerprint density at radius 3 is 2.07 bits per heavy atom. The summed E-state index contributed by atoms with van der Waals surface area (Å²) < 4.78 is 10.8. The second-order valence-electron chi connectivity index (χ2n) is 8.33. The molecule has 2 rings (SSSR count). The molecule has 1 aromatic rings. The van der Waals surface area contributed by atoms with Crippen LogP contribution in [0.2, 0.25) is 0 Å². The number of ether oxygens (including phenoxy) is 2. The maximum Gasteiger partial charge on any atom is 0.338 e. The summed E-state index contributed by atoms with van der Waals surface area (Å²) in [7, 11) is 0. The van der Waals surface area contributed by atoms with Gasteiger partial charge in [-0.1, -0.05) is 71.1 Å². The lowest BCUT2D eigenvalue weighted by Gasteiger charge is -2.28. The van der Waals surface area contributed by atoms with E-state index in [-0.39, 0.29) is 5.97 Å². The molecule has 0 bridgehead atoms. The van der Waals surface area contributed by atoms with Gasteiger partial charge < -0.3 is 9.47 Å². The van der Waals surface area contributed by atoms with E-state index in [2.05, 4.69) is 6.92 Å². The van der Waals surface area contributed by atoms with Gasteiger partial charge in [-0.2, -0.15) is 0 Å². The summed E-state index contributed by atoms with van der Waals surface area (Å²) in [5.41, 5.74) is 0.580. The van der Waals surface area contributed by atoms with Gasteiger partial charge in [-0.05, 0) is 55.9 Å². The summed E-state index contributed by atoms with van der Waals surface area (Å²) in [6.07, 6.45) is 16.6. The van der Waals surface area contributed by atoms with Crippen molar-refractivity contribution in [3.63, 3.8) is 0 Å². The third-order valence-electron chi connectivity index (χ3n) is 6.07. The number of hydrogen-bond acceptors (Lipinski definition) is 3. The van der Waals surface area contributed by atoms with Gasteiger partial charge in [0.1, 0.15) is 5.75 Å². The Kier molecular flexibility index (Phi) is 11.1. The molecule has 0 saturated heterocycles. The van der Waals surface area contributed by atoms with Crippen LogP contribution in [0.1, 0.15) is 101 Å². The van der Waals surface area contributed by atoms with Crippen molar-refractivity contribution in [2.45, 2.75) is 90.9 Å². The van der Waals surface area contributed by atoms with Crippen molar-refractivity contribution in [3.8, 4) is 5.75 Å². The number of rotatable bonds is 13. The molecule has 158 valence electrons. The zero-order chi connectivity index (χ0) is 20.0. The standard InChI is InChI=1S/C25H40O3/c1-3-5-6-7-8-10-21-12-14-22(15-13-21)11-9-20-28-24-18-16-23(17-19-24)25(26)27-4-2/h16-19,21-22H,3-15,20H2,1-2H3/t21-,22-. The van der Waals surface area contributed by atoms with Crippen LogP contribution in [0.5, 0.6) is 5.75 Å². The number of benzene rings is 1. The van der Waals surface area contributed by atoms with Crippen molar-refractivity contribution in [2.75, 3.05) is 13.2 Å². The zero-order valence-electron chi connectivity index (χ0n) is 18.1. The number of unbranched alkanes of at least 4 members (excludes halogenated alkanes) is 4. The van der Waals surface area contributed by atoms with Crippen LogP contribution in [-0.4, -0.2) is 19.2 Å². The summed E-state index contributed by atoms with van der Waals surface area (Å²) in [5, 5.41) is 0. The minimum absolute atomic E-state index is 0.273. The van der Waals surface area contributed by atoms with Gasteiger partial charge in [-0.3, -0.25) is 0 Å². The van der Waals surface area contributed by atoms with Crippen molar-refractivity contribution in [3.05, 3.63) is 29.8 Å². The quantitative estimate of drug-likeness (QED) is 0.265. The fourth-order valence-corrected chi connectivity index (χ4v) is 4.31. The molecule has 0 N–H and O–H groups in total. The van der Waals surface area contributed by atoms with Crippen molar-refractivity contribution >= 4 is 5.97 Å². The van der Waals surface area contributed by atoms with Gasteiger partial charge in [0.05, 0.1) is 18.8 Å². The molecule has 0 atom stereocenters. The molecule has 1 saturated carbocycles. The fraction of sp³-hybridized carbons (Fsp3) is 0.720. The van der Waals surface area contributed by atoms with Crippen LogP contribution in [-0.2, 0) is 4.74 Å². The highest BCUT2D eigenvalue weighted by molar-refractivity contribution is 5.89. The summed E-state index contributed by atoms with van der Waals surface area (Å²) >= 11 is 0. The molecule has 0 spiro atoms. The Bertz CT molecular complexity index is 529. The molecule has 0 unspecified atom stereocenters. The molecule has 0 amide bonds. The number of carbonyl (C=O) groups is 1. The molecule has 1 aliphatic carbocycles. The summed E-state index contributed by atoms with van der Waals surface area (Å²) in [4.78, 5) is 11.7. The highest BCUT2D eigenvalue weighted by Crippen LogP contribution is 2.34. The molecular formula is C25H40O3. The topological polar surface area (TPSA) is 35.5 Å². The maximum atomic E-state index is 11.7. The second-order valence-corrected chi connectivity index (χ2v) is 8.33. The SMILES string of the molecule is CCCCCCC[C@H]1CC[C@H](CCCOc2ccc(C(=O)OCC)cc2)CC1. The van der Waals surface area contributed by atoms with Crippen LogP contribution >= 0.6 is 0 Å². The number of hydrogen-bond donors (Lipinski definition) is 0. The van der Waals surface area contributed by atoms with Crippen molar-refractivity contribution in [1.29, 1.82) is 0 Å². The van der Waals surface area contributed by atoms with Crippen LogP contribution < -0.4 is 4.74 Å². The molecule has 0 aromatic heterocycles. The molecule has 0 heterocycles. The van der Waals surface area contributed by atoms with Crippen LogP contribution in [0.15, 0.2) is 24.3 Å². The number of carbonyl (C=O) groups excluding carboxylic acids is 1. The van der Waals surface area contributed by atoms with E-state index >= 15 is 0 Å². The Morgan fingerprint density at radius 1 is 0.857 bits per heavy atom. The highest BCUT2D eigenvalue weighted by atomic mass is 16.5. The zero-order valence-corrected chi connectivity index (χ0v) is 18.1. The molecule has 0 aliphatic heterocycles. The van der Waals surface area contributed by atoms with Crippen molar-refractivity contribution < 1.29 is 14.3 Å².